The van der Waals surface area contributed by atoms with Crippen molar-refractivity contribution in [2.75, 3.05) is 10.6 Å². The van der Waals surface area contributed by atoms with E-state index in [1.807, 2.05) is 25.1 Å². The zero-order chi connectivity index (χ0) is 18.6. The number of anilines is 3. The Morgan fingerprint density at radius 1 is 1.04 bits per heavy atom. The van der Waals surface area contributed by atoms with Gasteiger partial charge < -0.3 is 10.6 Å². The molecule has 0 aliphatic carbocycles. The number of alkyl halides is 3. The molecule has 0 aliphatic rings. The van der Waals surface area contributed by atoms with Gasteiger partial charge in [0.2, 0.25) is 5.95 Å². The number of hydrogen-bond donors (Lipinski definition) is 2. The van der Waals surface area contributed by atoms with Gasteiger partial charge in [0.1, 0.15) is 0 Å². The summed E-state index contributed by atoms with van der Waals surface area (Å²) in [6.45, 7) is 2.59. The molecule has 2 aromatic carbocycles. The molecule has 134 valence electrons. The highest BCUT2D eigenvalue weighted by Gasteiger charge is 2.29. The van der Waals surface area contributed by atoms with Crippen LogP contribution >= 0.6 is 0 Å². The first-order valence-electron chi connectivity index (χ1n) is 7.83. The van der Waals surface area contributed by atoms with Gasteiger partial charge in [0.05, 0.1) is 11.8 Å². The van der Waals surface area contributed by atoms with Crippen LogP contribution in [0.25, 0.3) is 0 Å². The fraction of sp³-hybridized carbons (Fsp3) is 0.167. The predicted octanol–water partition coefficient (Wildman–Crippen LogP) is 4.55. The quantitative estimate of drug-likeness (QED) is 0.699. The maximum absolute atomic E-state index is 12.6. The molecule has 0 fully saturated rings. The molecule has 8 heteroatoms. The largest absolute Gasteiger partial charge is 0.416 e. The lowest BCUT2D eigenvalue weighted by Gasteiger charge is -2.10. The summed E-state index contributed by atoms with van der Waals surface area (Å²) in [7, 11) is 0. The molecule has 1 aromatic heterocycles. The maximum atomic E-state index is 12.6. The van der Waals surface area contributed by atoms with Crippen LogP contribution in [-0.2, 0) is 12.7 Å². The Hall–Kier alpha value is -3.16. The summed E-state index contributed by atoms with van der Waals surface area (Å²) in [6, 6.07) is 12.7. The van der Waals surface area contributed by atoms with E-state index in [2.05, 4.69) is 31.9 Å². The second kappa shape index (κ2) is 7.38. The van der Waals surface area contributed by atoms with Gasteiger partial charge in [-0.1, -0.05) is 29.8 Å². The molecule has 0 amide bonds. The average molecular weight is 359 g/mol. The predicted molar refractivity (Wildman–Crippen MR) is 93.1 cm³/mol. The highest BCUT2D eigenvalue weighted by Crippen LogP contribution is 2.30. The van der Waals surface area contributed by atoms with E-state index in [1.165, 1.54) is 18.3 Å². The van der Waals surface area contributed by atoms with Gasteiger partial charge in [-0.25, -0.2) is 0 Å². The molecule has 1 heterocycles. The molecule has 0 atom stereocenters. The van der Waals surface area contributed by atoms with Crippen LogP contribution in [0.5, 0.6) is 0 Å². The van der Waals surface area contributed by atoms with Crippen molar-refractivity contribution < 1.29 is 13.2 Å². The van der Waals surface area contributed by atoms with Gasteiger partial charge in [0.15, 0.2) is 5.82 Å². The normalized spacial score (nSPS) is 11.2. The molecule has 26 heavy (non-hydrogen) atoms. The third-order valence-corrected chi connectivity index (χ3v) is 3.58. The number of aromatic nitrogens is 3. The van der Waals surface area contributed by atoms with Crippen molar-refractivity contribution >= 4 is 17.5 Å². The van der Waals surface area contributed by atoms with Crippen molar-refractivity contribution in [3.63, 3.8) is 0 Å². The van der Waals surface area contributed by atoms with Crippen molar-refractivity contribution in [3.05, 3.63) is 71.4 Å². The Labute approximate surface area is 148 Å². The minimum Gasteiger partial charge on any atom is -0.365 e. The van der Waals surface area contributed by atoms with Crippen molar-refractivity contribution in [2.24, 2.45) is 0 Å². The minimum absolute atomic E-state index is 0.194. The standard InChI is InChI=1S/C18H16F3N5/c1-12-3-2-4-13(9-12)10-22-16-11-23-26-17(25-16)24-15-7-5-14(6-8-15)18(19,20)21/h2-9,11H,10H2,1H3,(H2,22,24,25,26). The smallest absolute Gasteiger partial charge is 0.365 e. The van der Waals surface area contributed by atoms with Crippen molar-refractivity contribution in [1.29, 1.82) is 0 Å². The summed E-state index contributed by atoms with van der Waals surface area (Å²) < 4.78 is 37.8. The third kappa shape index (κ3) is 4.69. The lowest BCUT2D eigenvalue weighted by atomic mass is 10.1. The number of rotatable bonds is 5. The van der Waals surface area contributed by atoms with E-state index in [0.29, 0.717) is 18.1 Å². The second-order valence-corrected chi connectivity index (χ2v) is 5.71. The number of aryl methyl sites for hydroxylation is 1. The average Bonchev–Trinajstić information content (AvgIpc) is 2.60. The molecule has 0 radical (unpaired) electrons. The molecule has 0 unspecified atom stereocenters. The van der Waals surface area contributed by atoms with Gasteiger partial charge in [0, 0.05) is 12.2 Å². The highest BCUT2D eigenvalue weighted by molar-refractivity contribution is 5.54. The van der Waals surface area contributed by atoms with E-state index in [0.717, 1.165) is 23.3 Å². The summed E-state index contributed by atoms with van der Waals surface area (Å²) in [4.78, 5) is 4.26. The summed E-state index contributed by atoms with van der Waals surface area (Å²) in [6.07, 6.45) is -2.88. The van der Waals surface area contributed by atoms with Gasteiger partial charge in [-0.15, -0.1) is 5.10 Å². The van der Waals surface area contributed by atoms with Crippen LogP contribution in [0.4, 0.5) is 30.6 Å². The van der Waals surface area contributed by atoms with E-state index < -0.39 is 11.7 Å². The van der Waals surface area contributed by atoms with E-state index in [4.69, 9.17) is 0 Å². The van der Waals surface area contributed by atoms with Crippen molar-refractivity contribution in [3.8, 4) is 0 Å². The monoisotopic (exact) mass is 359 g/mol. The fourth-order valence-corrected chi connectivity index (χ4v) is 2.33. The Balaban J connectivity index is 1.65. The van der Waals surface area contributed by atoms with Crippen LogP contribution < -0.4 is 10.6 Å². The lowest BCUT2D eigenvalue weighted by molar-refractivity contribution is -0.137. The molecular formula is C18H16F3N5. The molecule has 0 saturated heterocycles. The summed E-state index contributed by atoms with van der Waals surface area (Å²) in [5, 5.41) is 13.7. The Bertz CT molecular complexity index is 878. The number of hydrogen-bond acceptors (Lipinski definition) is 5. The SMILES string of the molecule is Cc1cccc(CNc2cnnc(Nc3ccc(C(F)(F)F)cc3)n2)c1. The Morgan fingerprint density at radius 3 is 2.50 bits per heavy atom. The van der Waals surface area contributed by atoms with Crippen molar-refractivity contribution in [2.45, 2.75) is 19.6 Å². The van der Waals surface area contributed by atoms with Gasteiger partial charge in [0.25, 0.3) is 0 Å². The molecular weight excluding hydrogens is 343 g/mol. The Kier molecular flexibility index (Phi) is 5.01. The summed E-state index contributed by atoms with van der Waals surface area (Å²) >= 11 is 0. The minimum atomic E-state index is -4.36. The summed E-state index contributed by atoms with van der Waals surface area (Å²) in [5.41, 5.74) is 1.99. The van der Waals surface area contributed by atoms with Gasteiger partial charge in [-0.05, 0) is 36.8 Å². The zero-order valence-corrected chi connectivity index (χ0v) is 13.9. The van der Waals surface area contributed by atoms with Crippen LogP contribution in [0, 0.1) is 6.92 Å². The summed E-state index contributed by atoms with van der Waals surface area (Å²) in [5.74, 6) is 0.704. The van der Waals surface area contributed by atoms with Gasteiger partial charge in [-0.2, -0.15) is 23.3 Å². The van der Waals surface area contributed by atoms with Crippen LogP contribution in [0.2, 0.25) is 0 Å². The van der Waals surface area contributed by atoms with E-state index in [1.54, 1.807) is 0 Å². The van der Waals surface area contributed by atoms with Crippen LogP contribution in [-0.4, -0.2) is 15.2 Å². The highest BCUT2D eigenvalue weighted by atomic mass is 19.4. The number of halogens is 3. The lowest BCUT2D eigenvalue weighted by Crippen LogP contribution is -2.06. The zero-order valence-electron chi connectivity index (χ0n) is 13.9. The van der Waals surface area contributed by atoms with E-state index >= 15 is 0 Å². The van der Waals surface area contributed by atoms with E-state index in [9.17, 15) is 13.2 Å². The molecule has 0 saturated carbocycles. The molecule has 0 aliphatic heterocycles. The second-order valence-electron chi connectivity index (χ2n) is 5.71. The first kappa shape index (κ1) is 17.7. The Morgan fingerprint density at radius 2 is 1.81 bits per heavy atom. The molecule has 3 aromatic rings. The molecule has 3 rings (SSSR count). The first-order chi connectivity index (χ1) is 12.4. The van der Waals surface area contributed by atoms with Crippen molar-refractivity contribution in [1.82, 2.24) is 15.2 Å². The number of nitrogens with zero attached hydrogens (tertiary/aromatic N) is 3. The number of nitrogens with one attached hydrogen (secondary N) is 2. The van der Waals surface area contributed by atoms with Crippen LogP contribution in [0.15, 0.2) is 54.7 Å². The van der Waals surface area contributed by atoms with E-state index in [-0.39, 0.29) is 5.95 Å². The number of benzene rings is 2. The van der Waals surface area contributed by atoms with Crippen LogP contribution in [0.1, 0.15) is 16.7 Å². The fourth-order valence-electron chi connectivity index (χ4n) is 2.33. The van der Waals surface area contributed by atoms with Gasteiger partial charge in [-0.3, -0.25) is 0 Å². The van der Waals surface area contributed by atoms with Gasteiger partial charge >= 0.3 is 6.18 Å². The first-order valence-corrected chi connectivity index (χ1v) is 7.83. The maximum Gasteiger partial charge on any atom is 0.416 e. The third-order valence-electron chi connectivity index (χ3n) is 3.58. The topological polar surface area (TPSA) is 62.7 Å². The molecule has 0 spiro atoms. The molecule has 0 bridgehead atoms. The van der Waals surface area contributed by atoms with Crippen LogP contribution in [0.3, 0.4) is 0 Å². The molecule has 2 N–H and O–H groups in total. The molecule has 5 nitrogen and oxygen atoms in total.